The molecule has 1 aromatic rings. The normalized spacial score (nSPS) is 29.9. The first-order valence-electron chi connectivity index (χ1n) is 7.53. The minimum atomic E-state index is 0.287. The van der Waals surface area contributed by atoms with Crippen LogP contribution in [0.4, 0.5) is 0 Å². The highest BCUT2D eigenvalue weighted by Gasteiger charge is 2.39. The fraction of sp³-hybridized carbons (Fsp3) is 0.625. The van der Waals surface area contributed by atoms with Crippen LogP contribution >= 0.6 is 0 Å². The second-order valence-electron chi connectivity index (χ2n) is 6.19. The Morgan fingerprint density at radius 3 is 2.95 bits per heavy atom. The van der Waals surface area contributed by atoms with Gasteiger partial charge in [-0.25, -0.2) is 0 Å². The molecule has 20 heavy (non-hydrogen) atoms. The van der Waals surface area contributed by atoms with Gasteiger partial charge in [-0.3, -0.25) is 0 Å². The van der Waals surface area contributed by atoms with Gasteiger partial charge in [0.25, 0.3) is 0 Å². The molecule has 3 unspecified atom stereocenters. The molecule has 4 nitrogen and oxygen atoms in total. The maximum atomic E-state index is 5.47. The van der Waals surface area contributed by atoms with Gasteiger partial charge in [0.15, 0.2) is 11.5 Å². The topological polar surface area (TPSA) is 39.7 Å². The van der Waals surface area contributed by atoms with Crippen molar-refractivity contribution < 1.29 is 14.2 Å². The zero-order valence-electron chi connectivity index (χ0n) is 11.9. The van der Waals surface area contributed by atoms with E-state index in [0.717, 1.165) is 35.6 Å². The first kappa shape index (κ1) is 12.3. The lowest BCUT2D eigenvalue weighted by Gasteiger charge is -2.23. The molecule has 0 saturated heterocycles. The minimum Gasteiger partial charge on any atom is -0.493 e. The molecule has 1 N–H and O–H groups in total. The summed E-state index contributed by atoms with van der Waals surface area (Å²) in [5.41, 5.74) is 1.20. The van der Waals surface area contributed by atoms with Crippen molar-refractivity contribution in [1.82, 2.24) is 5.32 Å². The van der Waals surface area contributed by atoms with Crippen molar-refractivity contribution in [2.45, 2.75) is 38.3 Å². The van der Waals surface area contributed by atoms with Gasteiger partial charge in [0.1, 0.15) is 0 Å². The third-order valence-corrected chi connectivity index (χ3v) is 5.02. The van der Waals surface area contributed by atoms with Crippen LogP contribution in [0.25, 0.3) is 0 Å². The van der Waals surface area contributed by atoms with Crippen molar-refractivity contribution in [2.24, 2.45) is 11.8 Å². The fourth-order valence-electron chi connectivity index (χ4n) is 4.03. The van der Waals surface area contributed by atoms with E-state index in [9.17, 15) is 0 Å². The predicted molar refractivity (Wildman–Crippen MR) is 75.2 cm³/mol. The molecule has 3 atom stereocenters. The summed E-state index contributed by atoms with van der Waals surface area (Å²) in [6.45, 7) is 1.16. The van der Waals surface area contributed by atoms with Gasteiger partial charge < -0.3 is 19.5 Å². The van der Waals surface area contributed by atoms with Gasteiger partial charge in [-0.2, -0.15) is 0 Å². The Balaban J connectivity index is 1.46. The molecule has 2 saturated carbocycles. The molecule has 0 spiro atoms. The molecule has 1 aliphatic heterocycles. The van der Waals surface area contributed by atoms with Crippen LogP contribution in [0.1, 0.15) is 31.2 Å². The number of nitrogens with one attached hydrogen (secondary N) is 1. The number of rotatable bonds is 4. The van der Waals surface area contributed by atoms with Crippen LogP contribution in [0.15, 0.2) is 12.1 Å². The van der Waals surface area contributed by atoms with Gasteiger partial charge in [-0.1, -0.05) is 6.42 Å². The SMILES string of the molecule is COc1cc(CNC2CC3CCC2C3)cc2c1OCO2. The zero-order chi connectivity index (χ0) is 13.5. The van der Waals surface area contributed by atoms with Gasteiger partial charge in [0.2, 0.25) is 12.5 Å². The van der Waals surface area contributed by atoms with Crippen molar-refractivity contribution in [3.63, 3.8) is 0 Å². The first-order valence-corrected chi connectivity index (χ1v) is 7.53. The summed E-state index contributed by atoms with van der Waals surface area (Å²) in [7, 11) is 1.67. The molecule has 0 radical (unpaired) electrons. The van der Waals surface area contributed by atoms with Crippen molar-refractivity contribution in [1.29, 1.82) is 0 Å². The van der Waals surface area contributed by atoms with Crippen LogP contribution in [0, 0.1) is 11.8 Å². The van der Waals surface area contributed by atoms with E-state index in [1.807, 2.05) is 6.07 Å². The maximum Gasteiger partial charge on any atom is 0.231 e. The number of methoxy groups -OCH3 is 1. The summed E-state index contributed by atoms with van der Waals surface area (Å²) < 4.78 is 16.3. The average Bonchev–Trinajstić information content (AvgIpc) is 3.19. The summed E-state index contributed by atoms with van der Waals surface area (Å²) in [6, 6.07) is 4.81. The molecule has 1 aromatic carbocycles. The highest BCUT2D eigenvalue weighted by Crippen LogP contribution is 2.45. The molecule has 3 aliphatic rings. The lowest BCUT2D eigenvalue weighted by molar-refractivity contribution is 0.171. The molecule has 2 aliphatic carbocycles. The number of benzene rings is 1. The van der Waals surface area contributed by atoms with E-state index < -0.39 is 0 Å². The maximum absolute atomic E-state index is 5.47. The second-order valence-corrected chi connectivity index (χ2v) is 6.19. The molecule has 2 bridgehead atoms. The molecular formula is C16H21NO3. The van der Waals surface area contributed by atoms with E-state index in [1.165, 1.54) is 31.2 Å². The van der Waals surface area contributed by atoms with Crippen LogP contribution in [0.5, 0.6) is 17.2 Å². The smallest absolute Gasteiger partial charge is 0.231 e. The van der Waals surface area contributed by atoms with Crippen molar-refractivity contribution in [3.05, 3.63) is 17.7 Å². The molecule has 2 fully saturated rings. The Hall–Kier alpha value is -1.42. The second kappa shape index (κ2) is 4.85. The summed E-state index contributed by atoms with van der Waals surface area (Å²) in [4.78, 5) is 0. The molecular weight excluding hydrogens is 254 g/mol. The van der Waals surface area contributed by atoms with Gasteiger partial charge in [0, 0.05) is 12.6 Å². The number of hydrogen-bond donors (Lipinski definition) is 1. The van der Waals surface area contributed by atoms with Crippen molar-refractivity contribution >= 4 is 0 Å². The van der Waals surface area contributed by atoms with Gasteiger partial charge in [-0.15, -0.1) is 0 Å². The van der Waals surface area contributed by atoms with Crippen LogP contribution in [0.2, 0.25) is 0 Å². The van der Waals surface area contributed by atoms with Gasteiger partial charge >= 0.3 is 0 Å². The highest BCUT2D eigenvalue weighted by molar-refractivity contribution is 5.55. The quantitative estimate of drug-likeness (QED) is 0.917. The molecule has 0 amide bonds. The standard InChI is InChI=1S/C16H21NO3/c1-18-14-6-11(7-15-16(14)20-9-19-15)8-17-13-5-10-2-3-12(13)4-10/h6-7,10,12-13,17H,2-5,8-9H2,1H3. The predicted octanol–water partition coefficient (Wildman–Crippen LogP) is 2.70. The number of hydrogen-bond acceptors (Lipinski definition) is 4. The van der Waals surface area contributed by atoms with Crippen LogP contribution in [-0.4, -0.2) is 19.9 Å². The third-order valence-electron chi connectivity index (χ3n) is 5.02. The van der Waals surface area contributed by atoms with Crippen molar-refractivity contribution in [3.8, 4) is 17.2 Å². The van der Waals surface area contributed by atoms with Crippen LogP contribution in [-0.2, 0) is 6.54 Å². The van der Waals surface area contributed by atoms with E-state index in [2.05, 4.69) is 11.4 Å². The van der Waals surface area contributed by atoms with Crippen LogP contribution < -0.4 is 19.5 Å². The number of fused-ring (bicyclic) bond motifs is 3. The van der Waals surface area contributed by atoms with E-state index in [-0.39, 0.29) is 6.79 Å². The number of ether oxygens (including phenoxy) is 3. The summed E-state index contributed by atoms with van der Waals surface area (Å²) in [5.74, 6) is 4.18. The van der Waals surface area contributed by atoms with E-state index in [1.54, 1.807) is 7.11 Å². The van der Waals surface area contributed by atoms with Crippen molar-refractivity contribution in [2.75, 3.05) is 13.9 Å². The largest absolute Gasteiger partial charge is 0.493 e. The molecule has 4 heteroatoms. The molecule has 0 aromatic heterocycles. The fourth-order valence-corrected chi connectivity index (χ4v) is 4.03. The average molecular weight is 275 g/mol. The highest BCUT2D eigenvalue weighted by atomic mass is 16.7. The van der Waals surface area contributed by atoms with E-state index >= 15 is 0 Å². The van der Waals surface area contributed by atoms with E-state index in [4.69, 9.17) is 14.2 Å². The summed E-state index contributed by atoms with van der Waals surface area (Å²) >= 11 is 0. The Morgan fingerprint density at radius 1 is 1.25 bits per heavy atom. The molecule has 1 heterocycles. The van der Waals surface area contributed by atoms with Gasteiger partial charge in [-0.05, 0) is 48.8 Å². The minimum absolute atomic E-state index is 0.287. The van der Waals surface area contributed by atoms with Crippen LogP contribution in [0.3, 0.4) is 0 Å². The summed E-state index contributed by atoms with van der Waals surface area (Å²) in [5, 5.41) is 3.72. The lowest BCUT2D eigenvalue weighted by Crippen LogP contribution is -2.33. The van der Waals surface area contributed by atoms with Gasteiger partial charge in [0.05, 0.1) is 7.11 Å². The Kier molecular flexibility index (Phi) is 2.99. The lowest BCUT2D eigenvalue weighted by atomic mass is 9.95. The Morgan fingerprint density at radius 2 is 2.20 bits per heavy atom. The molecule has 108 valence electrons. The third kappa shape index (κ3) is 2.03. The zero-order valence-corrected chi connectivity index (χ0v) is 11.9. The monoisotopic (exact) mass is 275 g/mol. The summed E-state index contributed by atoms with van der Waals surface area (Å²) in [6.07, 6.45) is 5.64. The first-order chi connectivity index (χ1) is 9.83. The Labute approximate surface area is 119 Å². The Bertz CT molecular complexity index is 517. The van der Waals surface area contributed by atoms with E-state index in [0.29, 0.717) is 6.04 Å². The molecule has 4 rings (SSSR count).